The maximum Gasteiger partial charge on any atom is 0.251 e. The van der Waals surface area contributed by atoms with Crippen molar-refractivity contribution in [2.45, 2.75) is 33.1 Å². The van der Waals surface area contributed by atoms with Crippen LogP contribution in [0.1, 0.15) is 38.8 Å². The Morgan fingerprint density at radius 2 is 1.65 bits per heavy atom. The van der Waals surface area contributed by atoms with Gasteiger partial charge in [-0.15, -0.1) is 0 Å². The molecular formula is C22H27NO3. The van der Waals surface area contributed by atoms with Gasteiger partial charge in [0.25, 0.3) is 5.91 Å². The number of rotatable bonds is 5. The molecule has 4 nitrogen and oxygen atoms in total. The molecule has 0 atom stereocenters. The molecule has 2 aromatic carbocycles. The minimum Gasteiger partial charge on any atom is -0.493 e. The summed E-state index contributed by atoms with van der Waals surface area (Å²) in [5.41, 5.74) is 3.38. The van der Waals surface area contributed by atoms with E-state index in [0.717, 1.165) is 16.8 Å². The smallest absolute Gasteiger partial charge is 0.251 e. The molecule has 26 heavy (non-hydrogen) atoms. The molecular weight excluding hydrogens is 326 g/mol. The Morgan fingerprint density at radius 3 is 2.27 bits per heavy atom. The number of nitrogens with one attached hydrogen (secondary N) is 1. The van der Waals surface area contributed by atoms with Crippen molar-refractivity contribution in [1.82, 2.24) is 0 Å². The third kappa shape index (κ3) is 4.66. The Hall–Kier alpha value is -2.75. The maximum absolute atomic E-state index is 12.6. The third-order valence-corrected chi connectivity index (χ3v) is 4.13. The molecule has 0 aliphatic carbocycles. The van der Waals surface area contributed by atoms with Crippen LogP contribution in [0.5, 0.6) is 11.5 Å². The van der Waals surface area contributed by atoms with Gasteiger partial charge in [-0.3, -0.25) is 4.79 Å². The van der Waals surface area contributed by atoms with E-state index in [1.807, 2.05) is 48.5 Å². The maximum atomic E-state index is 12.6. The fraction of sp³-hybridized carbons (Fsp3) is 0.318. The number of amides is 1. The number of anilines is 1. The lowest BCUT2D eigenvalue weighted by Crippen LogP contribution is -2.19. The highest BCUT2D eigenvalue weighted by Crippen LogP contribution is 2.30. The molecule has 0 heterocycles. The summed E-state index contributed by atoms with van der Waals surface area (Å²) < 4.78 is 10.6. The highest BCUT2D eigenvalue weighted by Gasteiger charge is 2.18. The number of ether oxygens (including phenoxy) is 2. The van der Waals surface area contributed by atoms with Gasteiger partial charge >= 0.3 is 0 Å². The van der Waals surface area contributed by atoms with Crippen LogP contribution in [0.4, 0.5) is 5.69 Å². The number of carbonyl (C=O) groups is 1. The fourth-order valence-corrected chi connectivity index (χ4v) is 2.73. The standard InChI is InChI=1S/C22H27NO3/c1-15(13-16-11-12-19(25-5)20(14-16)26-6)21(24)23-18-10-8-7-9-17(18)22(2,3)4/h7-14H,1-6H3,(H,23,24)/b15-13+. The Balaban J connectivity index is 2.24. The largest absolute Gasteiger partial charge is 0.493 e. The normalized spacial score (nSPS) is 11.8. The monoisotopic (exact) mass is 353 g/mol. The summed E-state index contributed by atoms with van der Waals surface area (Å²) >= 11 is 0. The van der Waals surface area contributed by atoms with E-state index in [9.17, 15) is 4.79 Å². The molecule has 138 valence electrons. The van der Waals surface area contributed by atoms with Crippen LogP contribution in [0, 0.1) is 0 Å². The minimum absolute atomic E-state index is 0.0508. The lowest BCUT2D eigenvalue weighted by Gasteiger charge is -2.23. The molecule has 0 bridgehead atoms. The van der Waals surface area contributed by atoms with E-state index in [-0.39, 0.29) is 11.3 Å². The lowest BCUT2D eigenvalue weighted by molar-refractivity contribution is -0.112. The number of hydrogen-bond acceptors (Lipinski definition) is 3. The zero-order valence-electron chi connectivity index (χ0n) is 16.3. The van der Waals surface area contributed by atoms with Crippen molar-refractivity contribution in [3.05, 3.63) is 59.2 Å². The average Bonchev–Trinajstić information content (AvgIpc) is 2.61. The van der Waals surface area contributed by atoms with E-state index < -0.39 is 0 Å². The van der Waals surface area contributed by atoms with Crippen LogP contribution in [-0.4, -0.2) is 20.1 Å². The minimum atomic E-state index is -0.128. The summed E-state index contributed by atoms with van der Waals surface area (Å²) in [6.07, 6.45) is 1.83. The summed E-state index contributed by atoms with van der Waals surface area (Å²) in [6.45, 7) is 8.19. The van der Waals surface area contributed by atoms with E-state index in [2.05, 4.69) is 26.1 Å². The van der Waals surface area contributed by atoms with Crippen LogP contribution < -0.4 is 14.8 Å². The number of methoxy groups -OCH3 is 2. The zero-order valence-corrected chi connectivity index (χ0v) is 16.3. The Kier molecular flexibility index (Phi) is 6.09. The van der Waals surface area contributed by atoms with Crippen molar-refractivity contribution >= 4 is 17.7 Å². The van der Waals surface area contributed by atoms with Gasteiger partial charge in [-0.2, -0.15) is 0 Å². The third-order valence-electron chi connectivity index (χ3n) is 4.13. The second-order valence-corrected chi connectivity index (χ2v) is 7.19. The molecule has 0 radical (unpaired) electrons. The van der Waals surface area contributed by atoms with Crippen LogP contribution >= 0.6 is 0 Å². The van der Waals surface area contributed by atoms with Gasteiger partial charge in [0.15, 0.2) is 11.5 Å². The van der Waals surface area contributed by atoms with Crippen molar-refractivity contribution in [3.8, 4) is 11.5 Å². The molecule has 0 fully saturated rings. The van der Waals surface area contributed by atoms with Gasteiger partial charge in [-0.25, -0.2) is 0 Å². The molecule has 2 rings (SSSR count). The first-order valence-electron chi connectivity index (χ1n) is 8.57. The molecule has 1 amide bonds. The molecule has 0 unspecified atom stereocenters. The van der Waals surface area contributed by atoms with Crippen LogP contribution in [-0.2, 0) is 10.2 Å². The van der Waals surface area contributed by atoms with Crippen molar-refractivity contribution in [2.75, 3.05) is 19.5 Å². The summed E-state index contributed by atoms with van der Waals surface area (Å²) in [6, 6.07) is 13.5. The molecule has 4 heteroatoms. The first-order valence-corrected chi connectivity index (χ1v) is 8.57. The van der Waals surface area contributed by atoms with Crippen molar-refractivity contribution in [3.63, 3.8) is 0 Å². The molecule has 0 saturated heterocycles. The van der Waals surface area contributed by atoms with Crippen LogP contribution in [0.2, 0.25) is 0 Å². The first kappa shape index (κ1) is 19.6. The first-order chi connectivity index (χ1) is 12.3. The molecule has 0 aliphatic rings. The van der Waals surface area contributed by atoms with Gasteiger partial charge in [0.1, 0.15) is 0 Å². The molecule has 2 aromatic rings. The number of para-hydroxylation sites is 1. The Bertz CT molecular complexity index is 816. The van der Waals surface area contributed by atoms with Crippen LogP contribution in [0.25, 0.3) is 6.08 Å². The Labute approximate surface area is 155 Å². The van der Waals surface area contributed by atoms with E-state index in [1.165, 1.54) is 0 Å². The average molecular weight is 353 g/mol. The molecule has 1 N–H and O–H groups in total. The molecule has 0 aliphatic heterocycles. The van der Waals surface area contributed by atoms with Crippen LogP contribution in [0.3, 0.4) is 0 Å². The fourth-order valence-electron chi connectivity index (χ4n) is 2.73. The van der Waals surface area contributed by atoms with Gasteiger partial charge in [0.05, 0.1) is 14.2 Å². The molecule has 0 aromatic heterocycles. The summed E-state index contributed by atoms with van der Waals surface area (Å²) in [5.74, 6) is 1.16. The van der Waals surface area contributed by atoms with E-state index >= 15 is 0 Å². The second-order valence-electron chi connectivity index (χ2n) is 7.19. The lowest BCUT2D eigenvalue weighted by atomic mass is 9.86. The predicted molar refractivity (Wildman–Crippen MR) is 107 cm³/mol. The summed E-state index contributed by atoms with van der Waals surface area (Å²) in [7, 11) is 3.19. The second kappa shape index (κ2) is 8.09. The van der Waals surface area contributed by atoms with Gasteiger partial charge in [0.2, 0.25) is 0 Å². The Morgan fingerprint density at radius 1 is 1.00 bits per heavy atom. The highest BCUT2D eigenvalue weighted by atomic mass is 16.5. The molecule has 0 saturated carbocycles. The number of hydrogen-bond donors (Lipinski definition) is 1. The van der Waals surface area contributed by atoms with Crippen LogP contribution in [0.15, 0.2) is 48.0 Å². The van der Waals surface area contributed by atoms with E-state index in [1.54, 1.807) is 21.1 Å². The molecule has 0 spiro atoms. The van der Waals surface area contributed by atoms with Crippen molar-refractivity contribution < 1.29 is 14.3 Å². The predicted octanol–water partition coefficient (Wildman–Crippen LogP) is 5.04. The van der Waals surface area contributed by atoms with Gasteiger partial charge in [0, 0.05) is 11.3 Å². The van der Waals surface area contributed by atoms with Gasteiger partial charge in [-0.1, -0.05) is 45.0 Å². The van der Waals surface area contributed by atoms with Gasteiger partial charge < -0.3 is 14.8 Å². The number of carbonyl (C=O) groups excluding carboxylic acids is 1. The van der Waals surface area contributed by atoms with Gasteiger partial charge in [-0.05, 0) is 47.7 Å². The SMILES string of the molecule is COc1ccc(/C=C(\C)C(=O)Nc2ccccc2C(C)(C)C)cc1OC. The topological polar surface area (TPSA) is 47.6 Å². The summed E-state index contributed by atoms with van der Waals surface area (Å²) in [4.78, 5) is 12.6. The zero-order chi connectivity index (χ0) is 19.3. The van der Waals surface area contributed by atoms with Crippen molar-refractivity contribution in [2.24, 2.45) is 0 Å². The van der Waals surface area contributed by atoms with E-state index in [4.69, 9.17) is 9.47 Å². The van der Waals surface area contributed by atoms with Crippen molar-refractivity contribution in [1.29, 1.82) is 0 Å². The van der Waals surface area contributed by atoms with E-state index in [0.29, 0.717) is 17.1 Å². The quantitative estimate of drug-likeness (QED) is 0.766. The highest BCUT2D eigenvalue weighted by molar-refractivity contribution is 6.06. The summed E-state index contributed by atoms with van der Waals surface area (Å²) in [5, 5.41) is 3.03. The number of benzene rings is 2.